The summed E-state index contributed by atoms with van der Waals surface area (Å²) in [5.41, 5.74) is 1.64. The summed E-state index contributed by atoms with van der Waals surface area (Å²) in [4.78, 5) is 2.17. The summed E-state index contributed by atoms with van der Waals surface area (Å²) < 4.78 is 6.23. The fourth-order valence-corrected chi connectivity index (χ4v) is 4.18. The average Bonchev–Trinajstić information content (AvgIpc) is 2.59. The Hall–Kier alpha value is -1.94. The standard InChI is InChI=1S/C21H17ClO2S/c1-21(2,23)16-12-13(22)10-11-14(16)15-6-5-9-19-20(15)24-17-7-3-4-8-18(17)25-19/h3-12,23H,1-2H3. The minimum atomic E-state index is -1.01. The second kappa shape index (κ2) is 6.10. The maximum atomic E-state index is 10.6. The van der Waals surface area contributed by atoms with E-state index in [4.69, 9.17) is 16.3 Å². The van der Waals surface area contributed by atoms with E-state index in [9.17, 15) is 5.11 Å². The van der Waals surface area contributed by atoms with Gasteiger partial charge in [-0.05, 0) is 55.3 Å². The van der Waals surface area contributed by atoms with Crippen molar-refractivity contribution < 1.29 is 9.84 Å². The molecule has 1 N–H and O–H groups in total. The Balaban J connectivity index is 1.90. The van der Waals surface area contributed by atoms with Gasteiger partial charge in [0.05, 0.1) is 15.4 Å². The predicted molar refractivity (Wildman–Crippen MR) is 103 cm³/mol. The van der Waals surface area contributed by atoms with E-state index in [0.29, 0.717) is 5.02 Å². The van der Waals surface area contributed by atoms with Gasteiger partial charge in [-0.3, -0.25) is 0 Å². The Morgan fingerprint density at radius 2 is 1.68 bits per heavy atom. The number of benzene rings is 3. The van der Waals surface area contributed by atoms with Crippen molar-refractivity contribution in [1.29, 1.82) is 0 Å². The normalized spacial score (nSPS) is 13.0. The molecule has 0 aromatic heterocycles. The van der Waals surface area contributed by atoms with Crippen LogP contribution < -0.4 is 4.74 Å². The third-order valence-corrected chi connectivity index (χ3v) is 5.52. The number of aliphatic hydroxyl groups is 1. The minimum absolute atomic E-state index is 0.603. The molecule has 0 aliphatic carbocycles. The molecule has 0 bridgehead atoms. The van der Waals surface area contributed by atoms with E-state index < -0.39 is 5.60 Å². The third-order valence-electron chi connectivity index (χ3n) is 4.19. The smallest absolute Gasteiger partial charge is 0.149 e. The van der Waals surface area contributed by atoms with Gasteiger partial charge in [0.1, 0.15) is 11.5 Å². The van der Waals surface area contributed by atoms with Crippen molar-refractivity contribution in [3.05, 3.63) is 71.2 Å². The lowest BCUT2D eigenvalue weighted by Crippen LogP contribution is -2.17. The highest BCUT2D eigenvalue weighted by Gasteiger charge is 2.26. The summed E-state index contributed by atoms with van der Waals surface area (Å²) in [5, 5.41) is 11.2. The molecule has 126 valence electrons. The average molecular weight is 369 g/mol. The Morgan fingerprint density at radius 3 is 2.48 bits per heavy atom. The zero-order valence-electron chi connectivity index (χ0n) is 13.9. The lowest BCUT2D eigenvalue weighted by molar-refractivity contribution is 0.0792. The van der Waals surface area contributed by atoms with Crippen molar-refractivity contribution in [2.24, 2.45) is 0 Å². The lowest BCUT2D eigenvalue weighted by Gasteiger charge is -2.26. The number of ether oxygens (including phenoxy) is 1. The van der Waals surface area contributed by atoms with E-state index in [-0.39, 0.29) is 0 Å². The monoisotopic (exact) mass is 368 g/mol. The van der Waals surface area contributed by atoms with E-state index in [1.165, 1.54) is 0 Å². The molecular weight excluding hydrogens is 352 g/mol. The summed E-state index contributed by atoms with van der Waals surface area (Å²) in [6.45, 7) is 3.53. The van der Waals surface area contributed by atoms with Gasteiger partial charge in [-0.15, -0.1) is 0 Å². The largest absolute Gasteiger partial charge is 0.454 e. The Morgan fingerprint density at radius 1 is 0.920 bits per heavy atom. The summed E-state index contributed by atoms with van der Waals surface area (Å²) >= 11 is 7.87. The molecule has 0 amide bonds. The van der Waals surface area contributed by atoms with E-state index in [0.717, 1.165) is 38.0 Å². The highest BCUT2D eigenvalue weighted by Crippen LogP contribution is 2.51. The molecule has 3 aromatic rings. The summed E-state index contributed by atoms with van der Waals surface area (Å²) in [6, 6.07) is 19.7. The molecule has 0 fully saturated rings. The second-order valence-corrected chi connectivity index (χ2v) is 8.05. The molecule has 1 heterocycles. The first kappa shape index (κ1) is 16.5. The highest BCUT2D eigenvalue weighted by molar-refractivity contribution is 7.99. The molecule has 2 nitrogen and oxygen atoms in total. The molecule has 25 heavy (non-hydrogen) atoms. The Bertz CT molecular complexity index is 960. The van der Waals surface area contributed by atoms with Crippen LogP contribution in [0, 0.1) is 0 Å². The van der Waals surface area contributed by atoms with Crippen LogP contribution in [0.25, 0.3) is 11.1 Å². The van der Waals surface area contributed by atoms with Gasteiger partial charge in [0.15, 0.2) is 0 Å². The molecule has 0 radical (unpaired) electrons. The van der Waals surface area contributed by atoms with Crippen LogP contribution in [0.5, 0.6) is 11.5 Å². The molecule has 0 saturated carbocycles. The van der Waals surface area contributed by atoms with Gasteiger partial charge in [0.2, 0.25) is 0 Å². The van der Waals surface area contributed by atoms with E-state index in [2.05, 4.69) is 12.1 Å². The minimum Gasteiger partial charge on any atom is -0.454 e. The van der Waals surface area contributed by atoms with E-state index in [1.54, 1.807) is 25.6 Å². The maximum Gasteiger partial charge on any atom is 0.149 e. The zero-order chi connectivity index (χ0) is 17.6. The van der Waals surface area contributed by atoms with Gasteiger partial charge in [0, 0.05) is 10.6 Å². The predicted octanol–water partition coefficient (Wildman–Crippen LogP) is 6.49. The molecular formula is C21H17ClO2S. The number of hydrogen-bond acceptors (Lipinski definition) is 3. The zero-order valence-corrected chi connectivity index (χ0v) is 15.5. The molecule has 1 aliphatic rings. The molecule has 4 rings (SSSR count). The van der Waals surface area contributed by atoms with Crippen LogP contribution >= 0.6 is 23.4 Å². The van der Waals surface area contributed by atoms with E-state index in [1.807, 2.05) is 48.5 Å². The van der Waals surface area contributed by atoms with Gasteiger partial charge in [-0.2, -0.15) is 0 Å². The molecule has 4 heteroatoms. The van der Waals surface area contributed by atoms with Crippen LogP contribution in [0.3, 0.4) is 0 Å². The lowest BCUT2D eigenvalue weighted by atomic mass is 9.89. The van der Waals surface area contributed by atoms with Gasteiger partial charge >= 0.3 is 0 Å². The van der Waals surface area contributed by atoms with Crippen LogP contribution in [-0.4, -0.2) is 5.11 Å². The van der Waals surface area contributed by atoms with E-state index >= 15 is 0 Å². The van der Waals surface area contributed by atoms with Gasteiger partial charge in [-0.25, -0.2) is 0 Å². The number of para-hydroxylation sites is 2. The van der Waals surface area contributed by atoms with Crippen LogP contribution in [-0.2, 0) is 5.60 Å². The van der Waals surface area contributed by atoms with Crippen LogP contribution in [0.15, 0.2) is 70.5 Å². The topological polar surface area (TPSA) is 29.5 Å². The molecule has 0 spiro atoms. The fraction of sp³-hybridized carbons (Fsp3) is 0.143. The van der Waals surface area contributed by atoms with Crippen molar-refractivity contribution >= 4 is 23.4 Å². The van der Waals surface area contributed by atoms with Gasteiger partial charge in [0.25, 0.3) is 0 Å². The van der Waals surface area contributed by atoms with Gasteiger partial charge in [-0.1, -0.05) is 53.7 Å². The highest BCUT2D eigenvalue weighted by atomic mass is 35.5. The number of fused-ring (bicyclic) bond motifs is 2. The van der Waals surface area contributed by atoms with Crippen LogP contribution in [0.2, 0.25) is 5.02 Å². The van der Waals surface area contributed by atoms with Crippen molar-refractivity contribution in [3.8, 4) is 22.6 Å². The van der Waals surface area contributed by atoms with Crippen LogP contribution in [0.1, 0.15) is 19.4 Å². The van der Waals surface area contributed by atoms with Crippen LogP contribution in [0.4, 0.5) is 0 Å². The first-order chi connectivity index (χ1) is 11.9. The van der Waals surface area contributed by atoms with Gasteiger partial charge < -0.3 is 9.84 Å². The van der Waals surface area contributed by atoms with Crippen molar-refractivity contribution in [2.75, 3.05) is 0 Å². The van der Waals surface area contributed by atoms with Crippen molar-refractivity contribution in [1.82, 2.24) is 0 Å². The SMILES string of the molecule is CC(C)(O)c1cc(Cl)ccc1-c1cccc2c1Oc1ccccc1S2. The van der Waals surface area contributed by atoms with Crippen molar-refractivity contribution in [2.45, 2.75) is 29.2 Å². The van der Waals surface area contributed by atoms with Crippen molar-refractivity contribution in [3.63, 3.8) is 0 Å². The fourth-order valence-electron chi connectivity index (χ4n) is 3.02. The summed E-state index contributed by atoms with van der Waals surface area (Å²) in [5.74, 6) is 1.67. The molecule has 1 aliphatic heterocycles. The number of hydrogen-bond donors (Lipinski definition) is 1. The molecule has 0 unspecified atom stereocenters. The first-order valence-corrected chi connectivity index (χ1v) is 9.23. The number of rotatable bonds is 2. The number of halogens is 1. The first-order valence-electron chi connectivity index (χ1n) is 8.04. The molecule has 3 aromatic carbocycles. The maximum absolute atomic E-state index is 10.6. The Labute approximate surface area is 156 Å². The molecule has 0 saturated heterocycles. The molecule has 0 atom stereocenters. The quantitative estimate of drug-likeness (QED) is 0.438. The summed E-state index contributed by atoms with van der Waals surface area (Å²) in [6.07, 6.45) is 0. The summed E-state index contributed by atoms with van der Waals surface area (Å²) in [7, 11) is 0. The third kappa shape index (κ3) is 3.04. The Kier molecular flexibility index (Phi) is 4.03. The second-order valence-electron chi connectivity index (χ2n) is 6.53.